The van der Waals surface area contributed by atoms with E-state index in [1.807, 2.05) is 6.20 Å². The maximum Gasteiger partial charge on any atom is 0.0897 e. The Morgan fingerprint density at radius 3 is 3.06 bits per heavy atom. The van der Waals surface area contributed by atoms with Gasteiger partial charge in [0.1, 0.15) is 0 Å². The first-order valence-electron chi connectivity index (χ1n) is 6.03. The number of hydrogen-bond donors (Lipinski definition) is 1. The monoisotopic (exact) mass is 244 g/mol. The molecule has 3 heteroatoms. The number of nitrogens with zero attached hydrogens (tertiary/aromatic N) is 1. The molecule has 2 nitrogen and oxygen atoms in total. The second-order valence-corrected chi connectivity index (χ2v) is 5.90. The molecule has 1 aromatic heterocycles. The molecule has 0 saturated heterocycles. The lowest BCUT2D eigenvalue weighted by atomic mass is 9.78. The molecule has 0 amide bonds. The molecule has 0 saturated carbocycles. The van der Waals surface area contributed by atoms with Gasteiger partial charge in [-0.3, -0.25) is 0 Å². The molecular weight excluding hydrogens is 228 g/mol. The lowest BCUT2D eigenvalue weighted by molar-refractivity contribution is 0.537. The highest BCUT2D eigenvalue weighted by molar-refractivity contribution is 7.11. The summed E-state index contributed by atoms with van der Waals surface area (Å²) in [6.45, 7) is 4.08. The van der Waals surface area contributed by atoms with E-state index in [1.54, 1.807) is 11.3 Å². The predicted octanol–water partition coefficient (Wildman–Crippen LogP) is 2.88. The Bertz CT molecular complexity index is 518. The van der Waals surface area contributed by atoms with Crippen LogP contribution in [0.4, 0.5) is 0 Å². The number of aryl methyl sites for hydroxylation is 1. The first kappa shape index (κ1) is 10.9. The van der Waals surface area contributed by atoms with E-state index in [0.717, 1.165) is 18.1 Å². The van der Waals surface area contributed by atoms with Gasteiger partial charge in [-0.25, -0.2) is 4.98 Å². The quantitative estimate of drug-likeness (QED) is 0.894. The van der Waals surface area contributed by atoms with Crippen molar-refractivity contribution >= 4 is 11.3 Å². The molecule has 0 radical (unpaired) electrons. The highest BCUT2D eigenvalue weighted by atomic mass is 32.1. The maximum atomic E-state index is 4.26. The predicted molar refractivity (Wildman–Crippen MR) is 71.4 cm³/mol. The molecule has 1 aliphatic rings. The van der Waals surface area contributed by atoms with Crippen LogP contribution in [0.25, 0.3) is 0 Å². The fraction of sp³-hybridized carbons (Fsp3) is 0.357. The minimum atomic E-state index is 0.709. The molecule has 0 fully saturated rings. The average Bonchev–Trinajstić information content (AvgIpc) is 2.71. The van der Waals surface area contributed by atoms with Crippen LogP contribution < -0.4 is 5.32 Å². The number of nitrogens with one attached hydrogen (secondary N) is 1. The van der Waals surface area contributed by atoms with Crippen LogP contribution in [0.1, 0.15) is 26.9 Å². The van der Waals surface area contributed by atoms with Crippen LogP contribution in [0, 0.1) is 6.92 Å². The zero-order valence-electron chi connectivity index (χ0n) is 9.94. The number of aromatic nitrogens is 1. The lowest BCUT2D eigenvalue weighted by Crippen LogP contribution is -2.28. The summed E-state index contributed by atoms with van der Waals surface area (Å²) in [6.07, 6.45) is 3.20. The molecule has 1 heterocycles. The number of rotatable bonds is 4. The molecule has 88 valence electrons. The van der Waals surface area contributed by atoms with Crippen molar-refractivity contribution < 1.29 is 0 Å². The zero-order chi connectivity index (χ0) is 11.7. The van der Waals surface area contributed by atoms with Crippen molar-refractivity contribution in [3.63, 3.8) is 0 Å². The third-order valence-corrected chi connectivity index (χ3v) is 4.23. The van der Waals surface area contributed by atoms with E-state index >= 15 is 0 Å². The second kappa shape index (κ2) is 4.59. The van der Waals surface area contributed by atoms with Gasteiger partial charge in [-0.15, -0.1) is 11.3 Å². The summed E-state index contributed by atoms with van der Waals surface area (Å²) in [4.78, 5) is 5.59. The van der Waals surface area contributed by atoms with E-state index in [2.05, 4.69) is 41.5 Å². The largest absolute Gasteiger partial charge is 0.311 e. The van der Waals surface area contributed by atoms with E-state index in [4.69, 9.17) is 0 Å². The van der Waals surface area contributed by atoms with Gasteiger partial charge < -0.3 is 5.32 Å². The average molecular weight is 244 g/mol. The molecule has 1 atom stereocenters. The summed E-state index contributed by atoms with van der Waals surface area (Å²) in [5, 5.41) is 4.68. The second-order valence-electron chi connectivity index (χ2n) is 4.58. The Hall–Kier alpha value is -1.19. The SMILES string of the molecule is Cc1ncc(CNCC2Cc3ccccc32)s1. The molecule has 1 unspecified atom stereocenters. The fourth-order valence-corrected chi connectivity index (χ4v) is 3.17. The minimum absolute atomic E-state index is 0.709. The van der Waals surface area contributed by atoms with Crippen LogP contribution in [0.15, 0.2) is 30.5 Å². The number of benzene rings is 1. The van der Waals surface area contributed by atoms with Crippen molar-refractivity contribution in [1.82, 2.24) is 10.3 Å². The standard InChI is InChI=1S/C14H16N2S/c1-10-16-9-13(17-10)8-15-7-12-6-11-4-2-3-5-14(11)12/h2-5,9,12,15H,6-8H2,1H3. The third-order valence-electron chi connectivity index (χ3n) is 3.32. The van der Waals surface area contributed by atoms with Crippen LogP contribution in [0.5, 0.6) is 0 Å². The summed E-state index contributed by atoms with van der Waals surface area (Å²) in [5.41, 5.74) is 3.05. The number of thiazole rings is 1. The van der Waals surface area contributed by atoms with Crippen molar-refractivity contribution in [2.45, 2.75) is 25.8 Å². The fourth-order valence-electron chi connectivity index (χ4n) is 2.40. The van der Waals surface area contributed by atoms with E-state index < -0.39 is 0 Å². The van der Waals surface area contributed by atoms with E-state index in [1.165, 1.54) is 22.4 Å². The van der Waals surface area contributed by atoms with Gasteiger partial charge in [-0.1, -0.05) is 24.3 Å². The Labute approximate surface area is 106 Å². The molecular formula is C14H16N2S. The van der Waals surface area contributed by atoms with Crippen molar-refractivity contribution in [3.8, 4) is 0 Å². The molecule has 1 N–H and O–H groups in total. The maximum absolute atomic E-state index is 4.26. The van der Waals surface area contributed by atoms with Crippen LogP contribution >= 0.6 is 11.3 Å². The van der Waals surface area contributed by atoms with Crippen molar-refractivity contribution in [3.05, 3.63) is 51.5 Å². The zero-order valence-corrected chi connectivity index (χ0v) is 10.8. The van der Waals surface area contributed by atoms with Crippen molar-refractivity contribution in [1.29, 1.82) is 0 Å². The van der Waals surface area contributed by atoms with Gasteiger partial charge in [-0.05, 0) is 24.5 Å². The Kier molecular flexibility index (Phi) is 2.95. The van der Waals surface area contributed by atoms with Gasteiger partial charge in [0, 0.05) is 30.1 Å². The molecule has 0 spiro atoms. The van der Waals surface area contributed by atoms with Crippen LogP contribution in [-0.4, -0.2) is 11.5 Å². The van der Waals surface area contributed by atoms with Crippen molar-refractivity contribution in [2.24, 2.45) is 0 Å². The van der Waals surface area contributed by atoms with Gasteiger partial charge in [0.15, 0.2) is 0 Å². The van der Waals surface area contributed by atoms with Crippen LogP contribution in [0.2, 0.25) is 0 Å². The summed E-state index contributed by atoms with van der Waals surface area (Å²) >= 11 is 1.78. The summed E-state index contributed by atoms with van der Waals surface area (Å²) in [5.74, 6) is 0.709. The molecule has 0 bridgehead atoms. The Balaban J connectivity index is 1.51. The Morgan fingerprint density at radius 2 is 2.29 bits per heavy atom. The van der Waals surface area contributed by atoms with Gasteiger partial charge in [-0.2, -0.15) is 0 Å². The van der Waals surface area contributed by atoms with Gasteiger partial charge in [0.25, 0.3) is 0 Å². The van der Waals surface area contributed by atoms with Gasteiger partial charge in [0.05, 0.1) is 5.01 Å². The van der Waals surface area contributed by atoms with Gasteiger partial charge >= 0.3 is 0 Å². The number of fused-ring (bicyclic) bond motifs is 1. The first-order valence-corrected chi connectivity index (χ1v) is 6.84. The van der Waals surface area contributed by atoms with Crippen LogP contribution in [0.3, 0.4) is 0 Å². The first-order chi connectivity index (χ1) is 8.33. The lowest BCUT2D eigenvalue weighted by Gasteiger charge is -2.30. The van der Waals surface area contributed by atoms with E-state index in [-0.39, 0.29) is 0 Å². The molecule has 17 heavy (non-hydrogen) atoms. The molecule has 0 aliphatic heterocycles. The topological polar surface area (TPSA) is 24.9 Å². The summed E-state index contributed by atoms with van der Waals surface area (Å²) < 4.78 is 0. The number of hydrogen-bond acceptors (Lipinski definition) is 3. The molecule has 1 aromatic carbocycles. The molecule has 1 aliphatic carbocycles. The highest BCUT2D eigenvalue weighted by Gasteiger charge is 2.24. The normalized spacial score (nSPS) is 17.6. The Morgan fingerprint density at radius 1 is 1.41 bits per heavy atom. The summed E-state index contributed by atoms with van der Waals surface area (Å²) in [7, 11) is 0. The molecule has 2 aromatic rings. The highest BCUT2D eigenvalue weighted by Crippen LogP contribution is 2.34. The summed E-state index contributed by atoms with van der Waals surface area (Å²) in [6, 6.07) is 8.75. The van der Waals surface area contributed by atoms with E-state index in [0.29, 0.717) is 5.92 Å². The van der Waals surface area contributed by atoms with Crippen LogP contribution in [-0.2, 0) is 13.0 Å². The molecule has 3 rings (SSSR count). The van der Waals surface area contributed by atoms with Gasteiger partial charge in [0.2, 0.25) is 0 Å². The smallest absolute Gasteiger partial charge is 0.0897 e. The van der Waals surface area contributed by atoms with Crippen molar-refractivity contribution in [2.75, 3.05) is 6.54 Å². The third kappa shape index (κ3) is 2.26. The minimum Gasteiger partial charge on any atom is -0.311 e. The van der Waals surface area contributed by atoms with E-state index in [9.17, 15) is 0 Å².